The maximum absolute atomic E-state index is 11.8. The summed E-state index contributed by atoms with van der Waals surface area (Å²) in [6.07, 6.45) is 4.94. The van der Waals surface area contributed by atoms with Crippen molar-refractivity contribution in [3.05, 3.63) is 0 Å². The highest BCUT2D eigenvalue weighted by atomic mass is 35.5. The molecule has 5 heteroatoms. The number of aliphatic hydroxyl groups is 1. The minimum absolute atomic E-state index is 0. The fourth-order valence-corrected chi connectivity index (χ4v) is 2.18. The molecule has 1 fully saturated rings. The summed E-state index contributed by atoms with van der Waals surface area (Å²) in [6.45, 7) is 2.51. The summed E-state index contributed by atoms with van der Waals surface area (Å²) in [5.41, 5.74) is 5.84. The molecular formula is C12H25ClN2O2. The molecule has 0 heterocycles. The Hall–Kier alpha value is -0.320. The van der Waals surface area contributed by atoms with Gasteiger partial charge in [-0.1, -0.05) is 13.3 Å². The lowest BCUT2D eigenvalue weighted by Gasteiger charge is -2.25. The van der Waals surface area contributed by atoms with Crippen molar-refractivity contribution >= 4 is 18.3 Å². The summed E-state index contributed by atoms with van der Waals surface area (Å²) in [5.74, 6) is 0.195. The Morgan fingerprint density at radius 3 is 2.82 bits per heavy atom. The third kappa shape index (κ3) is 6.24. The minimum Gasteiger partial charge on any atom is -0.393 e. The van der Waals surface area contributed by atoms with E-state index in [0.29, 0.717) is 13.0 Å². The molecule has 1 saturated carbocycles. The second kappa shape index (κ2) is 8.72. The number of hydrogen-bond acceptors (Lipinski definition) is 3. The van der Waals surface area contributed by atoms with Gasteiger partial charge in [0.25, 0.3) is 0 Å². The van der Waals surface area contributed by atoms with Crippen LogP contribution in [0, 0.1) is 5.92 Å². The summed E-state index contributed by atoms with van der Waals surface area (Å²) >= 11 is 0. The first-order valence-electron chi connectivity index (χ1n) is 6.34. The Morgan fingerprint density at radius 1 is 1.53 bits per heavy atom. The van der Waals surface area contributed by atoms with Gasteiger partial charge >= 0.3 is 0 Å². The van der Waals surface area contributed by atoms with Gasteiger partial charge in [-0.25, -0.2) is 0 Å². The number of halogens is 1. The van der Waals surface area contributed by atoms with Crippen LogP contribution in [0.15, 0.2) is 0 Å². The number of hydrogen-bond donors (Lipinski definition) is 3. The van der Waals surface area contributed by atoms with E-state index in [1.54, 1.807) is 0 Å². The number of carbonyl (C=O) groups is 1. The molecule has 0 aliphatic heterocycles. The Kier molecular flexibility index (Phi) is 8.56. The Morgan fingerprint density at radius 2 is 2.24 bits per heavy atom. The molecule has 0 bridgehead atoms. The van der Waals surface area contributed by atoms with Crippen LogP contribution >= 0.6 is 12.4 Å². The molecule has 4 N–H and O–H groups in total. The lowest BCUT2D eigenvalue weighted by atomic mass is 9.85. The molecule has 17 heavy (non-hydrogen) atoms. The molecule has 1 aliphatic carbocycles. The van der Waals surface area contributed by atoms with E-state index < -0.39 is 0 Å². The van der Waals surface area contributed by atoms with Crippen molar-refractivity contribution in [1.29, 1.82) is 0 Å². The molecular weight excluding hydrogens is 240 g/mol. The van der Waals surface area contributed by atoms with Gasteiger partial charge in [0.15, 0.2) is 0 Å². The highest BCUT2D eigenvalue weighted by molar-refractivity contribution is 5.85. The predicted octanol–water partition coefficient (Wildman–Crippen LogP) is 1.20. The fraction of sp³-hybridized carbons (Fsp3) is 0.917. The second-order valence-corrected chi connectivity index (χ2v) is 4.77. The molecule has 0 aromatic heterocycles. The minimum atomic E-state index is -0.297. The maximum atomic E-state index is 11.8. The normalized spacial score (nSPS) is 25.8. The molecule has 1 aliphatic rings. The summed E-state index contributed by atoms with van der Waals surface area (Å²) in [7, 11) is 0. The van der Waals surface area contributed by atoms with Gasteiger partial charge in [-0.05, 0) is 32.1 Å². The van der Waals surface area contributed by atoms with E-state index in [-0.39, 0.29) is 36.4 Å². The molecule has 0 aromatic carbocycles. The van der Waals surface area contributed by atoms with E-state index >= 15 is 0 Å². The van der Waals surface area contributed by atoms with E-state index in [9.17, 15) is 9.90 Å². The van der Waals surface area contributed by atoms with Gasteiger partial charge in [-0.15, -0.1) is 12.4 Å². The number of rotatable bonds is 5. The third-order valence-corrected chi connectivity index (χ3v) is 3.33. The average molecular weight is 265 g/mol. The van der Waals surface area contributed by atoms with Gasteiger partial charge in [0, 0.05) is 18.5 Å². The molecule has 0 spiro atoms. The largest absolute Gasteiger partial charge is 0.393 e. The van der Waals surface area contributed by atoms with Crippen LogP contribution in [0.1, 0.15) is 45.4 Å². The van der Waals surface area contributed by atoms with Crippen LogP contribution < -0.4 is 11.1 Å². The summed E-state index contributed by atoms with van der Waals surface area (Å²) < 4.78 is 0. The first kappa shape index (κ1) is 16.7. The van der Waals surface area contributed by atoms with Crippen LogP contribution in [0.25, 0.3) is 0 Å². The quantitative estimate of drug-likeness (QED) is 0.699. The van der Waals surface area contributed by atoms with Crippen LogP contribution in [0.2, 0.25) is 0 Å². The van der Waals surface area contributed by atoms with Crippen molar-refractivity contribution in [1.82, 2.24) is 5.32 Å². The van der Waals surface area contributed by atoms with Gasteiger partial charge in [0.05, 0.1) is 6.10 Å². The van der Waals surface area contributed by atoms with Crippen molar-refractivity contribution in [3.63, 3.8) is 0 Å². The Labute approximate surface area is 110 Å². The van der Waals surface area contributed by atoms with Crippen LogP contribution in [0.4, 0.5) is 0 Å². The van der Waals surface area contributed by atoms with Crippen molar-refractivity contribution in [2.24, 2.45) is 11.7 Å². The smallest absolute Gasteiger partial charge is 0.223 e. The van der Waals surface area contributed by atoms with Crippen LogP contribution in [-0.2, 0) is 4.79 Å². The average Bonchev–Trinajstić information content (AvgIpc) is 2.28. The van der Waals surface area contributed by atoms with E-state index in [4.69, 9.17) is 5.73 Å². The lowest BCUT2D eigenvalue weighted by molar-refractivity contribution is -0.126. The number of aliphatic hydroxyl groups excluding tert-OH is 1. The fourth-order valence-electron chi connectivity index (χ4n) is 2.18. The van der Waals surface area contributed by atoms with Gasteiger partial charge in [-0.2, -0.15) is 0 Å². The van der Waals surface area contributed by atoms with Gasteiger partial charge in [-0.3, -0.25) is 4.79 Å². The first-order valence-corrected chi connectivity index (χ1v) is 6.34. The zero-order valence-electron chi connectivity index (χ0n) is 10.5. The second-order valence-electron chi connectivity index (χ2n) is 4.77. The van der Waals surface area contributed by atoms with E-state index in [1.165, 1.54) is 0 Å². The van der Waals surface area contributed by atoms with E-state index in [0.717, 1.165) is 32.1 Å². The van der Waals surface area contributed by atoms with Gasteiger partial charge < -0.3 is 16.2 Å². The highest BCUT2D eigenvalue weighted by Gasteiger charge is 2.24. The zero-order valence-corrected chi connectivity index (χ0v) is 11.3. The number of amides is 1. The molecule has 0 radical (unpaired) electrons. The molecule has 0 aromatic rings. The van der Waals surface area contributed by atoms with Crippen LogP contribution in [0.3, 0.4) is 0 Å². The molecule has 3 unspecified atom stereocenters. The highest BCUT2D eigenvalue weighted by Crippen LogP contribution is 2.22. The van der Waals surface area contributed by atoms with Gasteiger partial charge in [0.1, 0.15) is 0 Å². The molecule has 102 valence electrons. The third-order valence-electron chi connectivity index (χ3n) is 3.33. The van der Waals surface area contributed by atoms with Crippen LogP contribution in [-0.4, -0.2) is 29.7 Å². The Bertz CT molecular complexity index is 227. The number of nitrogens with two attached hydrogens (primary N) is 1. The SMILES string of the molecule is CCC(O)CCNC(=O)C1CCCC(N)C1.Cl. The van der Waals surface area contributed by atoms with Crippen molar-refractivity contribution in [2.75, 3.05) is 6.54 Å². The maximum Gasteiger partial charge on any atom is 0.223 e. The van der Waals surface area contributed by atoms with Crippen LogP contribution in [0.5, 0.6) is 0 Å². The molecule has 1 rings (SSSR count). The monoisotopic (exact) mass is 264 g/mol. The molecule has 4 nitrogen and oxygen atoms in total. The zero-order chi connectivity index (χ0) is 12.0. The number of nitrogens with one attached hydrogen (secondary N) is 1. The van der Waals surface area contributed by atoms with Crippen molar-refractivity contribution in [2.45, 2.75) is 57.6 Å². The predicted molar refractivity (Wildman–Crippen MR) is 71.1 cm³/mol. The first-order chi connectivity index (χ1) is 7.63. The van der Waals surface area contributed by atoms with Gasteiger partial charge in [0.2, 0.25) is 5.91 Å². The topological polar surface area (TPSA) is 75.3 Å². The Balaban J connectivity index is 0.00000256. The van der Waals surface area contributed by atoms with Crippen molar-refractivity contribution < 1.29 is 9.90 Å². The van der Waals surface area contributed by atoms with E-state index in [1.807, 2.05) is 6.92 Å². The summed E-state index contributed by atoms with van der Waals surface area (Å²) in [5, 5.41) is 12.2. The standard InChI is InChI=1S/C12H24N2O2.ClH/c1-2-11(15)6-7-14-12(16)9-4-3-5-10(13)8-9;/h9-11,15H,2-8,13H2,1H3,(H,14,16);1H. The molecule has 3 atom stereocenters. The summed E-state index contributed by atoms with van der Waals surface area (Å²) in [6, 6.07) is 0.186. The van der Waals surface area contributed by atoms with E-state index in [2.05, 4.69) is 5.32 Å². The van der Waals surface area contributed by atoms with Crippen molar-refractivity contribution in [3.8, 4) is 0 Å². The number of carbonyl (C=O) groups excluding carboxylic acids is 1. The molecule has 0 saturated heterocycles. The summed E-state index contributed by atoms with van der Waals surface area (Å²) in [4.78, 5) is 11.8. The lowest BCUT2D eigenvalue weighted by Crippen LogP contribution is -2.38. The molecule has 1 amide bonds.